The standard InChI is InChI=1S/C22H35N3O2/c1-22(2,3)27-21(26)23-19-9-11-20(12-10-19)25-15-13-24(14-16-25)17-18-7-5-4-6-8-18/h4-8,19-20H,9-17H2,1-3H3,(H,23,26). The Kier molecular flexibility index (Phi) is 6.77. The summed E-state index contributed by atoms with van der Waals surface area (Å²) >= 11 is 0. The molecule has 1 aromatic carbocycles. The molecule has 5 nitrogen and oxygen atoms in total. The first-order chi connectivity index (χ1) is 12.9. The lowest BCUT2D eigenvalue weighted by Gasteiger charge is -2.42. The molecule has 1 aliphatic carbocycles. The van der Waals surface area contributed by atoms with Gasteiger partial charge in [-0.1, -0.05) is 30.3 Å². The Labute approximate surface area is 164 Å². The Bertz CT molecular complexity index is 583. The van der Waals surface area contributed by atoms with E-state index in [9.17, 15) is 4.79 Å². The quantitative estimate of drug-likeness (QED) is 0.875. The molecule has 1 aromatic rings. The summed E-state index contributed by atoms with van der Waals surface area (Å²) in [7, 11) is 0. The molecule has 1 saturated carbocycles. The minimum atomic E-state index is -0.430. The number of carbonyl (C=O) groups excluding carboxylic acids is 1. The Morgan fingerprint density at radius 2 is 1.67 bits per heavy atom. The lowest BCUT2D eigenvalue weighted by molar-refractivity contribution is 0.0447. The van der Waals surface area contributed by atoms with Crippen molar-refractivity contribution in [2.45, 2.75) is 70.7 Å². The molecule has 2 fully saturated rings. The summed E-state index contributed by atoms with van der Waals surface area (Å²) in [4.78, 5) is 17.2. The smallest absolute Gasteiger partial charge is 0.407 e. The molecule has 1 saturated heterocycles. The summed E-state index contributed by atoms with van der Waals surface area (Å²) < 4.78 is 5.38. The lowest BCUT2D eigenvalue weighted by Crippen LogP contribution is -2.52. The summed E-state index contributed by atoms with van der Waals surface area (Å²) in [5.41, 5.74) is 0.973. The summed E-state index contributed by atoms with van der Waals surface area (Å²) in [6, 6.07) is 11.7. The summed E-state index contributed by atoms with van der Waals surface area (Å²) in [6.45, 7) is 11.4. The molecule has 150 valence electrons. The normalized spacial score (nSPS) is 25.1. The van der Waals surface area contributed by atoms with E-state index in [4.69, 9.17) is 4.74 Å². The Morgan fingerprint density at radius 3 is 2.26 bits per heavy atom. The van der Waals surface area contributed by atoms with Gasteiger partial charge in [0.15, 0.2) is 0 Å². The third-order valence-electron chi connectivity index (χ3n) is 5.59. The maximum absolute atomic E-state index is 11.9. The predicted octanol–water partition coefficient (Wildman–Crippen LogP) is 3.64. The summed E-state index contributed by atoms with van der Waals surface area (Å²) in [5, 5.41) is 3.05. The SMILES string of the molecule is CC(C)(C)OC(=O)NC1CCC(N2CCN(Cc3ccccc3)CC2)CC1. The van der Waals surface area contributed by atoms with Crippen molar-refractivity contribution < 1.29 is 9.53 Å². The fourth-order valence-corrected chi connectivity index (χ4v) is 4.19. The van der Waals surface area contributed by atoms with Crippen molar-refractivity contribution in [3.05, 3.63) is 35.9 Å². The summed E-state index contributed by atoms with van der Waals surface area (Å²) in [5.74, 6) is 0. The fraction of sp³-hybridized carbons (Fsp3) is 0.682. The molecule has 2 aliphatic rings. The van der Waals surface area contributed by atoms with Crippen molar-refractivity contribution in [3.63, 3.8) is 0 Å². The summed E-state index contributed by atoms with van der Waals surface area (Å²) in [6.07, 6.45) is 4.15. The van der Waals surface area contributed by atoms with E-state index in [1.807, 2.05) is 20.8 Å². The van der Waals surface area contributed by atoms with Crippen LogP contribution in [0.4, 0.5) is 4.79 Å². The maximum Gasteiger partial charge on any atom is 0.407 e. The highest BCUT2D eigenvalue weighted by Crippen LogP contribution is 2.25. The molecule has 0 atom stereocenters. The van der Waals surface area contributed by atoms with Crippen LogP contribution in [0.15, 0.2) is 30.3 Å². The molecule has 1 N–H and O–H groups in total. The van der Waals surface area contributed by atoms with Crippen molar-refractivity contribution >= 4 is 6.09 Å². The van der Waals surface area contributed by atoms with Gasteiger partial charge in [-0.2, -0.15) is 0 Å². The van der Waals surface area contributed by atoms with Gasteiger partial charge in [0.05, 0.1) is 0 Å². The van der Waals surface area contributed by atoms with E-state index in [-0.39, 0.29) is 12.1 Å². The predicted molar refractivity (Wildman–Crippen MR) is 109 cm³/mol. The number of carbonyl (C=O) groups is 1. The van der Waals surface area contributed by atoms with Gasteiger partial charge in [-0.3, -0.25) is 9.80 Å². The highest BCUT2D eigenvalue weighted by molar-refractivity contribution is 5.68. The number of nitrogens with one attached hydrogen (secondary N) is 1. The van der Waals surface area contributed by atoms with Crippen LogP contribution >= 0.6 is 0 Å². The van der Waals surface area contributed by atoms with E-state index in [0.29, 0.717) is 6.04 Å². The largest absolute Gasteiger partial charge is 0.444 e. The van der Waals surface area contributed by atoms with Crippen LogP contribution in [0.1, 0.15) is 52.0 Å². The van der Waals surface area contributed by atoms with Crippen molar-refractivity contribution in [2.75, 3.05) is 26.2 Å². The zero-order chi connectivity index (χ0) is 19.3. The van der Waals surface area contributed by atoms with Gasteiger partial charge in [0.25, 0.3) is 0 Å². The Hall–Kier alpha value is -1.59. The highest BCUT2D eigenvalue weighted by atomic mass is 16.6. The van der Waals surface area contributed by atoms with Gasteiger partial charge < -0.3 is 10.1 Å². The van der Waals surface area contributed by atoms with Gasteiger partial charge in [0.1, 0.15) is 5.60 Å². The van der Waals surface area contributed by atoms with Crippen LogP contribution in [-0.2, 0) is 11.3 Å². The third kappa shape index (κ3) is 6.51. The number of rotatable bonds is 4. The number of piperazine rings is 1. The number of hydrogen-bond acceptors (Lipinski definition) is 4. The third-order valence-corrected chi connectivity index (χ3v) is 5.59. The second kappa shape index (κ2) is 9.07. The number of ether oxygens (including phenoxy) is 1. The van der Waals surface area contributed by atoms with E-state index in [1.165, 1.54) is 18.4 Å². The first-order valence-corrected chi connectivity index (χ1v) is 10.4. The molecule has 1 aliphatic heterocycles. The first-order valence-electron chi connectivity index (χ1n) is 10.4. The highest BCUT2D eigenvalue weighted by Gasteiger charge is 2.29. The zero-order valence-electron chi connectivity index (χ0n) is 17.1. The minimum Gasteiger partial charge on any atom is -0.444 e. The zero-order valence-corrected chi connectivity index (χ0v) is 17.1. The van der Waals surface area contributed by atoms with Crippen LogP contribution in [0.5, 0.6) is 0 Å². The molecule has 5 heteroatoms. The second-order valence-corrected chi connectivity index (χ2v) is 8.95. The van der Waals surface area contributed by atoms with Crippen molar-refractivity contribution in [1.29, 1.82) is 0 Å². The topological polar surface area (TPSA) is 44.8 Å². The second-order valence-electron chi connectivity index (χ2n) is 8.95. The fourth-order valence-electron chi connectivity index (χ4n) is 4.19. The van der Waals surface area contributed by atoms with Crippen molar-refractivity contribution in [3.8, 4) is 0 Å². The Balaban J connectivity index is 1.36. The van der Waals surface area contributed by atoms with Crippen LogP contribution in [0.2, 0.25) is 0 Å². The monoisotopic (exact) mass is 373 g/mol. The molecule has 0 unspecified atom stereocenters. The average molecular weight is 374 g/mol. The number of nitrogens with zero attached hydrogens (tertiary/aromatic N) is 2. The first kappa shape index (κ1) is 20.2. The molecular weight excluding hydrogens is 338 g/mol. The Morgan fingerprint density at radius 1 is 1.04 bits per heavy atom. The van der Waals surface area contributed by atoms with Crippen LogP contribution in [0, 0.1) is 0 Å². The molecule has 0 spiro atoms. The van der Waals surface area contributed by atoms with Gasteiger partial charge in [-0.05, 0) is 52.0 Å². The lowest BCUT2D eigenvalue weighted by atomic mass is 9.90. The van der Waals surface area contributed by atoms with Crippen LogP contribution in [-0.4, -0.2) is 59.8 Å². The van der Waals surface area contributed by atoms with Gasteiger partial charge >= 0.3 is 6.09 Å². The van der Waals surface area contributed by atoms with Gasteiger partial charge in [0.2, 0.25) is 0 Å². The average Bonchev–Trinajstić information content (AvgIpc) is 2.62. The molecule has 3 rings (SSSR count). The van der Waals surface area contributed by atoms with Crippen LogP contribution in [0.3, 0.4) is 0 Å². The molecule has 1 heterocycles. The van der Waals surface area contributed by atoms with Crippen LogP contribution < -0.4 is 5.32 Å². The molecule has 0 radical (unpaired) electrons. The molecule has 27 heavy (non-hydrogen) atoms. The van der Waals surface area contributed by atoms with E-state index < -0.39 is 5.60 Å². The van der Waals surface area contributed by atoms with Gasteiger partial charge in [-0.25, -0.2) is 4.79 Å². The van der Waals surface area contributed by atoms with Crippen LogP contribution in [0.25, 0.3) is 0 Å². The number of hydrogen-bond donors (Lipinski definition) is 1. The van der Waals surface area contributed by atoms with E-state index in [1.54, 1.807) is 0 Å². The van der Waals surface area contributed by atoms with E-state index >= 15 is 0 Å². The van der Waals surface area contributed by atoms with E-state index in [0.717, 1.165) is 45.6 Å². The van der Waals surface area contributed by atoms with Gasteiger partial charge in [-0.15, -0.1) is 0 Å². The van der Waals surface area contributed by atoms with Crippen molar-refractivity contribution in [2.24, 2.45) is 0 Å². The minimum absolute atomic E-state index is 0.260. The van der Waals surface area contributed by atoms with E-state index in [2.05, 4.69) is 45.4 Å². The van der Waals surface area contributed by atoms with Crippen molar-refractivity contribution in [1.82, 2.24) is 15.1 Å². The number of benzene rings is 1. The number of alkyl carbamates (subject to hydrolysis) is 1. The molecule has 1 amide bonds. The molecule has 0 aromatic heterocycles. The molecule has 0 bridgehead atoms. The van der Waals surface area contributed by atoms with Gasteiger partial charge in [0, 0.05) is 44.8 Å². The maximum atomic E-state index is 11.9. The molecular formula is C22H35N3O2. The number of amides is 1.